The average Bonchev–Trinajstić information content (AvgIpc) is 0.722. The summed E-state index contributed by atoms with van der Waals surface area (Å²) in [5.74, 6) is 0. The second kappa shape index (κ2) is 12.9. The molecule has 0 atom stereocenters. The van der Waals surface area contributed by atoms with Crippen LogP contribution in [0.1, 0.15) is 0 Å². The molecule has 0 aromatic heterocycles. The molecular formula is H6FLiNaO4PV. The summed E-state index contributed by atoms with van der Waals surface area (Å²) in [7, 11) is -4.64. The minimum absolute atomic E-state index is 0. The van der Waals surface area contributed by atoms with E-state index in [1.54, 1.807) is 0 Å². The summed E-state index contributed by atoms with van der Waals surface area (Å²) < 4.78 is 8.88. The SMILES string of the molecule is F.O=P(O)(O)O.[LiH].[NaH].[V]. The first-order valence-electron chi connectivity index (χ1n) is 0.783. The van der Waals surface area contributed by atoms with Crippen molar-refractivity contribution in [2.45, 2.75) is 0 Å². The van der Waals surface area contributed by atoms with E-state index in [1.807, 2.05) is 0 Å². The maximum Gasteiger partial charge on any atom is 0 e. The molecule has 4 nitrogen and oxygen atoms in total. The van der Waals surface area contributed by atoms with Crippen LogP contribution in [0, 0.1) is 0 Å². The fourth-order valence-electron chi connectivity index (χ4n) is 0. The van der Waals surface area contributed by atoms with Crippen LogP contribution < -0.4 is 0 Å². The molecule has 0 heterocycles. The Morgan fingerprint density at radius 2 is 1.11 bits per heavy atom. The van der Waals surface area contributed by atoms with Crippen LogP contribution in [0.4, 0.5) is 4.70 Å². The summed E-state index contributed by atoms with van der Waals surface area (Å²) in [4.78, 5) is 21.6. The molecule has 9 heteroatoms. The van der Waals surface area contributed by atoms with Crippen molar-refractivity contribution in [3.8, 4) is 0 Å². The van der Waals surface area contributed by atoms with Gasteiger partial charge in [-0.1, -0.05) is 0 Å². The van der Waals surface area contributed by atoms with E-state index in [0.29, 0.717) is 0 Å². The van der Waals surface area contributed by atoms with Gasteiger partial charge in [0.2, 0.25) is 0 Å². The van der Waals surface area contributed by atoms with Gasteiger partial charge in [0.15, 0.2) is 0 Å². The molecule has 0 aliphatic carbocycles. The minimum atomic E-state index is -4.64. The fraction of sp³-hybridized carbons (Fsp3) is 0. The van der Waals surface area contributed by atoms with E-state index in [9.17, 15) is 0 Å². The van der Waals surface area contributed by atoms with Gasteiger partial charge in [-0.3, -0.25) is 4.70 Å². The molecule has 0 saturated heterocycles. The predicted octanol–water partition coefficient (Wildman–Crippen LogP) is -2.08. The molecule has 0 spiro atoms. The van der Waals surface area contributed by atoms with Crippen LogP contribution >= 0.6 is 7.82 Å². The minimum Gasteiger partial charge on any atom is 0 e. The van der Waals surface area contributed by atoms with E-state index in [1.165, 1.54) is 0 Å². The first kappa shape index (κ1) is 30.3. The Morgan fingerprint density at radius 1 is 1.11 bits per heavy atom. The van der Waals surface area contributed by atoms with Crippen LogP contribution in [0.25, 0.3) is 0 Å². The zero-order valence-corrected chi connectivity index (χ0v) is 5.34. The van der Waals surface area contributed by atoms with Crippen molar-refractivity contribution in [1.29, 1.82) is 0 Å². The molecule has 49 valence electrons. The van der Waals surface area contributed by atoms with Gasteiger partial charge in [-0.2, -0.15) is 0 Å². The summed E-state index contributed by atoms with van der Waals surface area (Å²) in [5.41, 5.74) is 0. The van der Waals surface area contributed by atoms with Crippen LogP contribution in [0.5, 0.6) is 0 Å². The van der Waals surface area contributed by atoms with Crippen molar-refractivity contribution >= 4 is 56.2 Å². The van der Waals surface area contributed by atoms with Crippen molar-refractivity contribution in [2.75, 3.05) is 0 Å². The molecule has 0 aromatic carbocycles. The first-order chi connectivity index (χ1) is 2.00. The maximum absolute atomic E-state index is 8.88. The Balaban J connectivity index is -0.0000000133. The van der Waals surface area contributed by atoms with Crippen molar-refractivity contribution in [3.63, 3.8) is 0 Å². The normalized spacial score (nSPS) is 6.56. The van der Waals surface area contributed by atoms with E-state index in [0.717, 1.165) is 0 Å². The Hall–Kier alpha value is 2.22. The van der Waals surface area contributed by atoms with Crippen molar-refractivity contribution in [2.24, 2.45) is 0 Å². The molecule has 0 aromatic rings. The van der Waals surface area contributed by atoms with Gasteiger partial charge in [-0.05, 0) is 0 Å². The third kappa shape index (κ3) is 140. The number of rotatable bonds is 0. The van der Waals surface area contributed by atoms with Crippen molar-refractivity contribution < 1.29 is 42.5 Å². The summed E-state index contributed by atoms with van der Waals surface area (Å²) in [6.07, 6.45) is 0. The van der Waals surface area contributed by atoms with Crippen molar-refractivity contribution in [1.82, 2.24) is 0 Å². The largest absolute Gasteiger partial charge is 0 e. The molecule has 0 amide bonds. The van der Waals surface area contributed by atoms with Gasteiger partial charge >= 0.3 is 56.2 Å². The number of halogens is 1. The van der Waals surface area contributed by atoms with E-state index in [2.05, 4.69) is 0 Å². The number of phosphoric acid groups is 1. The Labute approximate surface area is 97.8 Å². The van der Waals surface area contributed by atoms with E-state index in [4.69, 9.17) is 19.2 Å². The second-order valence-corrected chi connectivity index (χ2v) is 1.54. The van der Waals surface area contributed by atoms with Crippen LogP contribution in [0.2, 0.25) is 0 Å². The molecular weight excluding hydrogens is 195 g/mol. The summed E-state index contributed by atoms with van der Waals surface area (Å²) in [6.45, 7) is 0. The number of hydrogen-bond acceptors (Lipinski definition) is 1. The molecule has 0 aliphatic rings. The van der Waals surface area contributed by atoms with Gasteiger partial charge in [0.1, 0.15) is 0 Å². The third-order valence-electron chi connectivity index (χ3n) is 0. The summed E-state index contributed by atoms with van der Waals surface area (Å²) in [6, 6.07) is 0. The standard InChI is InChI=1S/FH.Li.Na.H3O4P.V.2H/c;;;1-5(2,3)4;;;/h1H;;;(H3,1,2,3,4);;;. The van der Waals surface area contributed by atoms with Crippen LogP contribution in [0.15, 0.2) is 0 Å². The second-order valence-electron chi connectivity index (χ2n) is 0.513. The van der Waals surface area contributed by atoms with E-state index >= 15 is 0 Å². The molecule has 0 rings (SSSR count). The summed E-state index contributed by atoms with van der Waals surface area (Å²) in [5, 5.41) is 0. The van der Waals surface area contributed by atoms with Gasteiger partial charge in [-0.15, -0.1) is 0 Å². The Kier molecular flexibility index (Phi) is 43.3. The Bertz CT molecular complexity index is 66.7. The monoisotopic (exact) mass is 201 g/mol. The third-order valence-corrected chi connectivity index (χ3v) is 0. The van der Waals surface area contributed by atoms with Gasteiger partial charge < -0.3 is 14.7 Å². The van der Waals surface area contributed by atoms with Gasteiger partial charge in [0.05, 0.1) is 0 Å². The zero-order chi connectivity index (χ0) is 4.50. The van der Waals surface area contributed by atoms with E-state index in [-0.39, 0.29) is 71.7 Å². The molecule has 0 fully saturated rings. The topological polar surface area (TPSA) is 77.8 Å². The molecule has 0 aliphatic heterocycles. The Morgan fingerprint density at radius 3 is 1.11 bits per heavy atom. The summed E-state index contributed by atoms with van der Waals surface area (Å²) >= 11 is 0. The maximum atomic E-state index is 8.88. The van der Waals surface area contributed by atoms with Crippen molar-refractivity contribution in [3.05, 3.63) is 0 Å². The number of hydrogen-bond donors (Lipinski definition) is 3. The quantitative estimate of drug-likeness (QED) is 0.310. The predicted molar refractivity (Wildman–Crippen MR) is 31.1 cm³/mol. The van der Waals surface area contributed by atoms with Crippen LogP contribution in [0.3, 0.4) is 0 Å². The molecule has 0 bridgehead atoms. The van der Waals surface area contributed by atoms with E-state index < -0.39 is 7.82 Å². The van der Waals surface area contributed by atoms with Gasteiger partial charge in [0.25, 0.3) is 0 Å². The average molecular weight is 201 g/mol. The van der Waals surface area contributed by atoms with Gasteiger partial charge in [-0.25, -0.2) is 4.57 Å². The molecule has 0 unspecified atom stereocenters. The van der Waals surface area contributed by atoms with Crippen LogP contribution in [-0.2, 0) is 23.1 Å². The molecule has 9 heavy (non-hydrogen) atoms. The fourth-order valence-corrected chi connectivity index (χ4v) is 0. The molecule has 0 saturated carbocycles. The van der Waals surface area contributed by atoms with Crippen LogP contribution in [-0.4, -0.2) is 63.1 Å². The molecule has 1 radical (unpaired) electrons. The van der Waals surface area contributed by atoms with Gasteiger partial charge in [0, 0.05) is 18.6 Å². The first-order valence-corrected chi connectivity index (χ1v) is 2.35. The molecule has 3 N–H and O–H groups in total. The zero-order valence-electron chi connectivity index (χ0n) is 3.05. The smallest absolute Gasteiger partial charge is 0 e.